The zero-order chi connectivity index (χ0) is 15.9. The summed E-state index contributed by atoms with van der Waals surface area (Å²) < 4.78 is 13.6. The Hall–Kier alpha value is -0.550. The van der Waals surface area contributed by atoms with Gasteiger partial charge in [0.2, 0.25) is 5.91 Å². The van der Waals surface area contributed by atoms with Crippen LogP contribution in [0.5, 0.6) is 0 Å². The molecule has 1 aromatic rings. The number of carbonyl (C=O) groups is 1. The molecule has 0 radical (unpaired) electrons. The van der Waals surface area contributed by atoms with Crippen LogP contribution in [-0.2, 0) is 4.79 Å². The van der Waals surface area contributed by atoms with Crippen molar-refractivity contribution in [1.29, 1.82) is 0 Å². The molecule has 1 aliphatic carbocycles. The van der Waals surface area contributed by atoms with Crippen LogP contribution in [0.3, 0.4) is 0 Å². The van der Waals surface area contributed by atoms with Gasteiger partial charge in [0.15, 0.2) is 0 Å². The third-order valence-corrected chi connectivity index (χ3v) is 5.59. The number of hydrogen-bond donors (Lipinski definition) is 2. The third-order valence-electron chi connectivity index (χ3n) is 4.97. The average Bonchev–Trinajstić information content (AvgIpc) is 3.17. The van der Waals surface area contributed by atoms with E-state index in [4.69, 9.17) is 23.2 Å². The number of halogens is 4. The van der Waals surface area contributed by atoms with Crippen LogP contribution in [-0.4, -0.2) is 19.0 Å². The smallest absolute Gasteiger partial charge is 0.224 e. The summed E-state index contributed by atoms with van der Waals surface area (Å²) in [5.74, 6) is -0.405. The molecule has 1 amide bonds. The van der Waals surface area contributed by atoms with E-state index in [1.807, 2.05) is 6.92 Å². The van der Waals surface area contributed by atoms with Gasteiger partial charge in [0.05, 0.1) is 11.1 Å². The van der Waals surface area contributed by atoms with Gasteiger partial charge in [-0.15, -0.1) is 12.4 Å². The average molecular weight is 382 g/mol. The molecule has 23 heavy (non-hydrogen) atoms. The van der Waals surface area contributed by atoms with E-state index in [1.165, 1.54) is 12.1 Å². The van der Waals surface area contributed by atoms with Gasteiger partial charge in [-0.1, -0.05) is 23.2 Å². The first-order valence-electron chi connectivity index (χ1n) is 7.58. The van der Waals surface area contributed by atoms with Gasteiger partial charge in [-0.25, -0.2) is 4.39 Å². The van der Waals surface area contributed by atoms with Gasteiger partial charge in [-0.05, 0) is 62.4 Å². The van der Waals surface area contributed by atoms with E-state index >= 15 is 0 Å². The molecular formula is C16H20Cl3FN2O. The summed E-state index contributed by atoms with van der Waals surface area (Å²) in [5, 5.41) is 6.64. The minimum absolute atomic E-state index is 0. The highest BCUT2D eigenvalue weighted by Gasteiger charge is 2.57. The van der Waals surface area contributed by atoms with Crippen molar-refractivity contribution in [1.82, 2.24) is 10.6 Å². The number of piperidine rings is 1. The highest BCUT2D eigenvalue weighted by molar-refractivity contribution is 6.35. The molecule has 0 bridgehead atoms. The number of amides is 1. The fourth-order valence-corrected chi connectivity index (χ4v) is 4.00. The normalized spacial score (nSPS) is 23.0. The van der Waals surface area contributed by atoms with Crippen molar-refractivity contribution >= 4 is 41.5 Å². The molecule has 1 saturated carbocycles. The van der Waals surface area contributed by atoms with E-state index in [0.717, 1.165) is 32.4 Å². The number of hydrogen-bond acceptors (Lipinski definition) is 2. The molecule has 3 nitrogen and oxygen atoms in total. The van der Waals surface area contributed by atoms with Crippen molar-refractivity contribution in [2.75, 3.05) is 13.1 Å². The lowest BCUT2D eigenvalue weighted by Gasteiger charge is -2.24. The van der Waals surface area contributed by atoms with E-state index < -0.39 is 5.82 Å². The Kier molecular flexibility index (Phi) is 5.83. The van der Waals surface area contributed by atoms with E-state index in [1.54, 1.807) is 0 Å². The van der Waals surface area contributed by atoms with Crippen molar-refractivity contribution in [2.45, 2.75) is 32.2 Å². The van der Waals surface area contributed by atoms with Crippen LogP contribution in [0.2, 0.25) is 10.0 Å². The Labute approximate surface area is 151 Å². The predicted octanol–water partition coefficient (Wildman–Crippen LogP) is 4.12. The molecule has 1 saturated heterocycles. The first kappa shape index (κ1) is 18.8. The summed E-state index contributed by atoms with van der Waals surface area (Å²) in [6.45, 7) is 3.77. The summed E-state index contributed by atoms with van der Waals surface area (Å²) in [6, 6.07) is 2.33. The van der Waals surface area contributed by atoms with Crippen molar-refractivity contribution < 1.29 is 9.18 Å². The van der Waals surface area contributed by atoms with Crippen LogP contribution >= 0.6 is 35.6 Å². The second-order valence-corrected chi connectivity index (χ2v) is 7.20. The molecule has 1 aromatic carbocycles. The maximum atomic E-state index is 13.6. The molecule has 7 heteroatoms. The number of carbonyl (C=O) groups excluding carboxylic acids is 1. The SMILES string of the molecule is CC(NC(=O)C1CC12CCNCC2)c1cc(F)c(Cl)cc1Cl.Cl. The maximum Gasteiger partial charge on any atom is 0.224 e. The molecule has 3 rings (SSSR count). The van der Waals surface area contributed by atoms with E-state index in [0.29, 0.717) is 10.6 Å². The Bertz CT molecular complexity index is 605. The molecule has 2 fully saturated rings. The minimum atomic E-state index is -0.525. The maximum absolute atomic E-state index is 13.6. The fraction of sp³-hybridized carbons (Fsp3) is 0.562. The zero-order valence-electron chi connectivity index (χ0n) is 12.8. The summed E-state index contributed by atoms with van der Waals surface area (Å²) >= 11 is 11.8. The van der Waals surface area contributed by atoms with Crippen molar-refractivity contribution in [3.05, 3.63) is 33.6 Å². The monoisotopic (exact) mass is 380 g/mol. The van der Waals surface area contributed by atoms with Gasteiger partial charge in [0, 0.05) is 10.9 Å². The molecule has 0 aromatic heterocycles. The van der Waals surface area contributed by atoms with Gasteiger partial charge in [-0.2, -0.15) is 0 Å². The highest BCUT2D eigenvalue weighted by Crippen LogP contribution is 2.58. The topological polar surface area (TPSA) is 41.1 Å². The van der Waals surface area contributed by atoms with Crippen molar-refractivity contribution in [3.63, 3.8) is 0 Å². The fourth-order valence-electron chi connectivity index (χ4n) is 3.46. The van der Waals surface area contributed by atoms with Gasteiger partial charge in [-0.3, -0.25) is 4.79 Å². The van der Waals surface area contributed by atoms with Crippen LogP contribution in [0.15, 0.2) is 12.1 Å². The largest absolute Gasteiger partial charge is 0.349 e. The second-order valence-electron chi connectivity index (χ2n) is 6.39. The predicted molar refractivity (Wildman–Crippen MR) is 92.9 cm³/mol. The Morgan fingerprint density at radius 2 is 2.00 bits per heavy atom. The second kappa shape index (κ2) is 7.14. The number of nitrogens with one attached hydrogen (secondary N) is 2. The van der Waals surface area contributed by atoms with Crippen LogP contribution in [0.4, 0.5) is 4.39 Å². The van der Waals surface area contributed by atoms with Crippen LogP contribution < -0.4 is 10.6 Å². The molecule has 1 spiro atoms. The van der Waals surface area contributed by atoms with Crippen LogP contribution in [0.1, 0.15) is 37.8 Å². The zero-order valence-corrected chi connectivity index (χ0v) is 15.1. The summed E-state index contributed by atoms with van der Waals surface area (Å²) in [4.78, 5) is 12.4. The van der Waals surface area contributed by atoms with Crippen molar-refractivity contribution in [2.24, 2.45) is 11.3 Å². The molecular weight excluding hydrogens is 362 g/mol. The van der Waals surface area contributed by atoms with Crippen molar-refractivity contribution in [3.8, 4) is 0 Å². The molecule has 2 atom stereocenters. The standard InChI is InChI=1S/C16H19Cl2FN2O.ClH/c1-9(10-6-14(19)13(18)7-12(10)17)21-15(22)11-8-16(11)2-4-20-5-3-16;/h6-7,9,11,20H,2-5,8H2,1H3,(H,21,22);1H. The lowest BCUT2D eigenvalue weighted by atomic mass is 9.91. The van der Waals surface area contributed by atoms with E-state index in [9.17, 15) is 9.18 Å². The van der Waals surface area contributed by atoms with Gasteiger partial charge in [0.1, 0.15) is 5.82 Å². The number of rotatable bonds is 3. The van der Waals surface area contributed by atoms with Gasteiger partial charge in [0.25, 0.3) is 0 Å². The molecule has 1 aliphatic heterocycles. The molecule has 128 valence electrons. The molecule has 2 N–H and O–H groups in total. The number of benzene rings is 1. The molecule has 1 heterocycles. The first-order valence-corrected chi connectivity index (χ1v) is 8.34. The van der Waals surface area contributed by atoms with E-state index in [-0.39, 0.29) is 40.7 Å². The summed E-state index contributed by atoms with van der Waals surface area (Å²) in [7, 11) is 0. The highest BCUT2D eigenvalue weighted by atomic mass is 35.5. The molecule has 2 unspecified atom stereocenters. The van der Waals surface area contributed by atoms with Gasteiger partial charge < -0.3 is 10.6 Å². The Morgan fingerprint density at radius 1 is 1.35 bits per heavy atom. The van der Waals surface area contributed by atoms with E-state index in [2.05, 4.69) is 10.6 Å². The Balaban J connectivity index is 0.00000192. The third kappa shape index (κ3) is 3.76. The van der Waals surface area contributed by atoms with Crippen LogP contribution in [0, 0.1) is 17.2 Å². The minimum Gasteiger partial charge on any atom is -0.349 e. The first-order chi connectivity index (χ1) is 10.4. The lowest BCUT2D eigenvalue weighted by Crippen LogP contribution is -2.34. The van der Waals surface area contributed by atoms with Gasteiger partial charge >= 0.3 is 0 Å². The summed E-state index contributed by atoms with van der Waals surface area (Å²) in [6.07, 6.45) is 3.06. The molecule has 2 aliphatic rings. The lowest BCUT2D eigenvalue weighted by molar-refractivity contribution is -0.123. The Morgan fingerprint density at radius 3 is 2.65 bits per heavy atom. The quantitative estimate of drug-likeness (QED) is 0.773. The van der Waals surface area contributed by atoms with Crippen LogP contribution in [0.25, 0.3) is 0 Å². The summed E-state index contributed by atoms with van der Waals surface area (Å²) in [5.41, 5.74) is 0.737.